The lowest BCUT2D eigenvalue weighted by Crippen LogP contribution is -2.60. The molecule has 0 spiro atoms. The first kappa shape index (κ1) is 11.5. The molecule has 1 heterocycles. The van der Waals surface area contributed by atoms with E-state index in [-0.39, 0.29) is 5.41 Å². The Bertz CT molecular complexity index is 216. The van der Waals surface area contributed by atoms with Crippen molar-refractivity contribution in [2.75, 3.05) is 26.3 Å². The average molecular weight is 196 g/mol. The molecule has 0 aromatic heterocycles. The van der Waals surface area contributed by atoms with E-state index in [1.807, 2.05) is 6.92 Å². The van der Waals surface area contributed by atoms with E-state index in [1.165, 1.54) is 0 Å². The topological polar surface area (TPSA) is 36.3 Å². The summed E-state index contributed by atoms with van der Waals surface area (Å²) < 4.78 is 5.34. The van der Waals surface area contributed by atoms with E-state index in [2.05, 4.69) is 24.8 Å². The maximum Gasteiger partial charge on any atom is 0.106 e. The van der Waals surface area contributed by atoms with Gasteiger partial charge in [-0.15, -0.1) is 0 Å². The SMILES string of the molecule is CCOCC1(C#N)CN(C(C)CC)C1. The summed E-state index contributed by atoms with van der Waals surface area (Å²) in [5, 5.41) is 9.08. The fraction of sp³-hybridized carbons (Fsp3) is 0.909. The van der Waals surface area contributed by atoms with Crippen molar-refractivity contribution in [1.29, 1.82) is 5.26 Å². The lowest BCUT2D eigenvalue weighted by molar-refractivity contribution is -0.0450. The summed E-state index contributed by atoms with van der Waals surface area (Å²) in [7, 11) is 0. The third-order valence-electron chi connectivity index (χ3n) is 3.05. The van der Waals surface area contributed by atoms with Crippen molar-refractivity contribution in [2.24, 2.45) is 5.41 Å². The molecule has 0 radical (unpaired) electrons. The largest absolute Gasteiger partial charge is 0.380 e. The lowest BCUT2D eigenvalue weighted by Gasteiger charge is -2.48. The molecule has 3 heteroatoms. The van der Waals surface area contributed by atoms with E-state index < -0.39 is 0 Å². The first-order valence-corrected chi connectivity index (χ1v) is 5.40. The highest BCUT2D eigenvalue weighted by Gasteiger charge is 2.44. The second kappa shape index (κ2) is 4.77. The highest BCUT2D eigenvalue weighted by Crippen LogP contribution is 2.32. The summed E-state index contributed by atoms with van der Waals surface area (Å²) in [4.78, 5) is 2.35. The minimum atomic E-state index is -0.223. The van der Waals surface area contributed by atoms with Gasteiger partial charge in [0, 0.05) is 25.7 Å². The molecule has 1 atom stereocenters. The van der Waals surface area contributed by atoms with E-state index in [4.69, 9.17) is 10.00 Å². The number of hydrogen-bond acceptors (Lipinski definition) is 3. The summed E-state index contributed by atoms with van der Waals surface area (Å²) in [6.45, 7) is 9.40. The third-order valence-corrected chi connectivity index (χ3v) is 3.05. The highest BCUT2D eigenvalue weighted by atomic mass is 16.5. The van der Waals surface area contributed by atoms with Crippen molar-refractivity contribution in [3.05, 3.63) is 0 Å². The van der Waals surface area contributed by atoms with Crippen molar-refractivity contribution in [3.8, 4) is 6.07 Å². The Morgan fingerprint density at radius 3 is 2.57 bits per heavy atom. The van der Waals surface area contributed by atoms with Gasteiger partial charge in [0.1, 0.15) is 5.41 Å². The van der Waals surface area contributed by atoms with E-state index in [1.54, 1.807) is 0 Å². The van der Waals surface area contributed by atoms with Crippen LogP contribution in [-0.4, -0.2) is 37.2 Å². The normalized spacial score (nSPS) is 22.4. The zero-order valence-corrected chi connectivity index (χ0v) is 9.42. The van der Waals surface area contributed by atoms with Gasteiger partial charge < -0.3 is 4.74 Å². The maximum absolute atomic E-state index is 9.08. The van der Waals surface area contributed by atoms with Crippen molar-refractivity contribution >= 4 is 0 Å². The molecule has 0 bridgehead atoms. The predicted molar refractivity (Wildman–Crippen MR) is 55.9 cm³/mol. The van der Waals surface area contributed by atoms with Crippen molar-refractivity contribution in [1.82, 2.24) is 4.90 Å². The fourth-order valence-electron chi connectivity index (χ4n) is 1.79. The molecule has 1 rings (SSSR count). The molecule has 0 N–H and O–H groups in total. The Labute approximate surface area is 86.6 Å². The first-order valence-electron chi connectivity index (χ1n) is 5.40. The van der Waals surface area contributed by atoms with Crippen LogP contribution in [0.3, 0.4) is 0 Å². The Hall–Kier alpha value is -0.590. The minimum absolute atomic E-state index is 0.223. The summed E-state index contributed by atoms with van der Waals surface area (Å²) in [6, 6.07) is 2.99. The predicted octanol–water partition coefficient (Wildman–Crippen LogP) is 1.65. The van der Waals surface area contributed by atoms with Gasteiger partial charge in [0.15, 0.2) is 0 Å². The van der Waals surface area contributed by atoms with Gasteiger partial charge in [-0.1, -0.05) is 6.92 Å². The van der Waals surface area contributed by atoms with E-state index in [0.717, 1.165) is 19.5 Å². The molecule has 3 nitrogen and oxygen atoms in total. The van der Waals surface area contributed by atoms with Gasteiger partial charge in [0.25, 0.3) is 0 Å². The van der Waals surface area contributed by atoms with E-state index in [9.17, 15) is 0 Å². The molecule has 0 amide bonds. The highest BCUT2D eigenvalue weighted by molar-refractivity contribution is 5.10. The molecule has 1 aliphatic rings. The number of hydrogen-bond donors (Lipinski definition) is 0. The summed E-state index contributed by atoms with van der Waals surface area (Å²) in [5.74, 6) is 0. The Kier molecular flexibility index (Phi) is 3.91. The van der Waals surface area contributed by atoms with Gasteiger partial charge in [-0.3, -0.25) is 4.90 Å². The van der Waals surface area contributed by atoms with Crippen LogP contribution < -0.4 is 0 Å². The molecule has 0 aromatic rings. The summed E-state index contributed by atoms with van der Waals surface area (Å²) >= 11 is 0. The smallest absolute Gasteiger partial charge is 0.106 e. The molecule has 80 valence electrons. The van der Waals surface area contributed by atoms with Crippen molar-refractivity contribution < 1.29 is 4.74 Å². The van der Waals surface area contributed by atoms with Crippen LogP contribution in [0.4, 0.5) is 0 Å². The maximum atomic E-state index is 9.08. The second-order valence-electron chi connectivity index (χ2n) is 4.19. The summed E-state index contributed by atoms with van der Waals surface area (Å²) in [5.41, 5.74) is -0.223. The zero-order valence-electron chi connectivity index (χ0n) is 9.42. The molecule has 14 heavy (non-hydrogen) atoms. The quantitative estimate of drug-likeness (QED) is 0.670. The minimum Gasteiger partial charge on any atom is -0.380 e. The number of likely N-dealkylation sites (tertiary alicyclic amines) is 1. The van der Waals surface area contributed by atoms with Gasteiger partial charge in [-0.25, -0.2) is 0 Å². The Balaban J connectivity index is 2.37. The van der Waals surface area contributed by atoms with Gasteiger partial charge in [0.2, 0.25) is 0 Å². The van der Waals surface area contributed by atoms with Gasteiger partial charge in [-0.2, -0.15) is 5.26 Å². The van der Waals surface area contributed by atoms with Crippen LogP contribution in [0, 0.1) is 16.7 Å². The van der Waals surface area contributed by atoms with Gasteiger partial charge in [0.05, 0.1) is 12.7 Å². The molecule has 0 aromatic carbocycles. The summed E-state index contributed by atoms with van der Waals surface area (Å²) in [6.07, 6.45) is 1.15. The van der Waals surface area contributed by atoms with Crippen LogP contribution in [0.25, 0.3) is 0 Å². The molecule has 0 aliphatic carbocycles. The molecule has 0 saturated carbocycles. The van der Waals surface area contributed by atoms with Crippen LogP contribution in [-0.2, 0) is 4.74 Å². The van der Waals surface area contributed by atoms with Crippen LogP contribution in [0.2, 0.25) is 0 Å². The van der Waals surface area contributed by atoms with E-state index in [0.29, 0.717) is 19.3 Å². The van der Waals surface area contributed by atoms with Gasteiger partial charge >= 0.3 is 0 Å². The lowest BCUT2D eigenvalue weighted by atomic mass is 9.81. The second-order valence-corrected chi connectivity index (χ2v) is 4.19. The number of nitrogens with zero attached hydrogens (tertiary/aromatic N) is 2. The van der Waals surface area contributed by atoms with E-state index >= 15 is 0 Å². The van der Waals surface area contributed by atoms with Crippen molar-refractivity contribution in [2.45, 2.75) is 33.2 Å². The van der Waals surface area contributed by atoms with Crippen molar-refractivity contribution in [3.63, 3.8) is 0 Å². The molecular weight excluding hydrogens is 176 g/mol. The first-order chi connectivity index (χ1) is 6.67. The molecule has 1 unspecified atom stereocenters. The van der Waals surface area contributed by atoms with Crippen LogP contribution in [0.15, 0.2) is 0 Å². The number of nitriles is 1. The Morgan fingerprint density at radius 2 is 2.14 bits per heavy atom. The van der Waals surface area contributed by atoms with Crippen LogP contribution in [0.5, 0.6) is 0 Å². The Morgan fingerprint density at radius 1 is 1.50 bits per heavy atom. The average Bonchev–Trinajstić information content (AvgIpc) is 2.16. The zero-order chi connectivity index (χ0) is 10.6. The molecule has 1 fully saturated rings. The van der Waals surface area contributed by atoms with Crippen LogP contribution in [0.1, 0.15) is 27.2 Å². The fourth-order valence-corrected chi connectivity index (χ4v) is 1.79. The molecule has 1 saturated heterocycles. The number of ether oxygens (including phenoxy) is 1. The number of rotatable bonds is 5. The third kappa shape index (κ3) is 2.26. The standard InChI is InChI=1S/C11H20N2O/c1-4-10(3)13-7-11(6-12,8-13)9-14-5-2/h10H,4-5,7-9H2,1-3H3. The van der Waals surface area contributed by atoms with Gasteiger partial charge in [-0.05, 0) is 20.3 Å². The molecular formula is C11H20N2O. The monoisotopic (exact) mass is 196 g/mol. The van der Waals surface area contributed by atoms with Crippen LogP contribution >= 0.6 is 0 Å². The molecule has 1 aliphatic heterocycles.